The number of rotatable bonds is 3. The summed E-state index contributed by atoms with van der Waals surface area (Å²) in [6, 6.07) is 0. The maximum atomic E-state index is 10.7. The molecule has 3 nitrogen and oxygen atoms in total. The lowest BCUT2D eigenvalue weighted by atomic mass is 10.4. The van der Waals surface area contributed by atoms with E-state index in [1.165, 1.54) is 4.90 Å². The fourth-order valence-electron chi connectivity index (χ4n) is 0.545. The van der Waals surface area contributed by atoms with Gasteiger partial charge in [-0.15, -0.1) is 0 Å². The van der Waals surface area contributed by atoms with Gasteiger partial charge in [-0.1, -0.05) is 20.8 Å². The Morgan fingerprint density at radius 1 is 1.45 bits per heavy atom. The van der Waals surface area contributed by atoms with Crippen molar-refractivity contribution in [2.75, 3.05) is 20.2 Å². The first-order valence-electron chi connectivity index (χ1n) is 4.07. The maximum absolute atomic E-state index is 10.7. The second-order valence-electron chi connectivity index (χ2n) is 1.89. The van der Waals surface area contributed by atoms with Crippen molar-refractivity contribution in [1.29, 1.82) is 0 Å². The minimum atomic E-state index is 0.0439. The molecule has 0 rings (SSSR count). The van der Waals surface area contributed by atoms with Crippen LogP contribution in [0.2, 0.25) is 0 Å². The molecule has 0 saturated carbocycles. The topological polar surface area (TPSA) is 40.5 Å². The highest BCUT2D eigenvalue weighted by Crippen LogP contribution is 1.86. The Morgan fingerprint density at radius 2 is 1.91 bits per heavy atom. The fourth-order valence-corrected chi connectivity index (χ4v) is 0.545. The summed E-state index contributed by atoms with van der Waals surface area (Å²) in [5, 5.41) is 8.39. The molecule has 11 heavy (non-hydrogen) atoms. The third-order valence-corrected chi connectivity index (χ3v) is 1.16. The van der Waals surface area contributed by atoms with Crippen LogP contribution < -0.4 is 0 Å². The first-order valence-corrected chi connectivity index (χ1v) is 4.07. The standard InChI is InChI=1S/C6H13NO2.C2H6/c1-3-6(9)7(2)4-5-8;1-2/h8H,3-5H2,1-2H3;1-2H3. The molecular formula is C8H19NO2. The Hall–Kier alpha value is -0.570. The van der Waals surface area contributed by atoms with Gasteiger partial charge in [0.05, 0.1) is 6.61 Å². The Labute approximate surface area is 69.0 Å². The van der Waals surface area contributed by atoms with Crippen LogP contribution >= 0.6 is 0 Å². The van der Waals surface area contributed by atoms with E-state index in [9.17, 15) is 4.79 Å². The van der Waals surface area contributed by atoms with Gasteiger partial charge in [0.25, 0.3) is 0 Å². The Bertz CT molecular complexity index is 94.1. The Morgan fingerprint density at radius 3 is 2.18 bits per heavy atom. The van der Waals surface area contributed by atoms with Gasteiger partial charge in [-0.3, -0.25) is 4.79 Å². The normalized spacial score (nSPS) is 8.09. The molecule has 0 aromatic carbocycles. The van der Waals surface area contributed by atoms with Crippen molar-refractivity contribution in [2.45, 2.75) is 27.2 Å². The van der Waals surface area contributed by atoms with Crippen molar-refractivity contribution in [1.82, 2.24) is 4.90 Å². The van der Waals surface area contributed by atoms with E-state index in [1.54, 1.807) is 14.0 Å². The van der Waals surface area contributed by atoms with Crippen molar-refractivity contribution < 1.29 is 9.90 Å². The molecule has 0 heterocycles. The molecule has 0 saturated heterocycles. The van der Waals surface area contributed by atoms with E-state index in [0.717, 1.165) is 0 Å². The summed E-state index contributed by atoms with van der Waals surface area (Å²) >= 11 is 0. The van der Waals surface area contributed by atoms with Crippen LogP contribution in [0.4, 0.5) is 0 Å². The summed E-state index contributed by atoms with van der Waals surface area (Å²) in [5.74, 6) is 0.0732. The van der Waals surface area contributed by atoms with E-state index in [-0.39, 0.29) is 12.5 Å². The SMILES string of the molecule is CC.CCC(=O)N(C)CCO. The zero-order valence-electron chi connectivity index (χ0n) is 7.92. The van der Waals surface area contributed by atoms with Crippen LogP contribution in [-0.2, 0) is 4.79 Å². The van der Waals surface area contributed by atoms with Gasteiger partial charge in [-0.2, -0.15) is 0 Å². The summed E-state index contributed by atoms with van der Waals surface area (Å²) in [4.78, 5) is 12.2. The predicted molar refractivity (Wildman–Crippen MR) is 46.4 cm³/mol. The molecule has 0 aliphatic carbocycles. The zero-order chi connectivity index (χ0) is 9.28. The lowest BCUT2D eigenvalue weighted by molar-refractivity contribution is -0.129. The molecule has 1 amide bonds. The van der Waals surface area contributed by atoms with E-state index in [1.807, 2.05) is 13.8 Å². The number of amides is 1. The van der Waals surface area contributed by atoms with Gasteiger partial charge >= 0.3 is 0 Å². The van der Waals surface area contributed by atoms with Crippen LogP contribution in [0.15, 0.2) is 0 Å². The van der Waals surface area contributed by atoms with E-state index in [4.69, 9.17) is 5.11 Å². The fraction of sp³-hybridized carbons (Fsp3) is 0.875. The molecule has 1 N–H and O–H groups in total. The number of carbonyl (C=O) groups is 1. The number of aliphatic hydroxyl groups is 1. The average Bonchev–Trinajstić information content (AvgIpc) is 2.07. The van der Waals surface area contributed by atoms with Crippen LogP contribution in [0.3, 0.4) is 0 Å². The maximum Gasteiger partial charge on any atom is 0.222 e. The van der Waals surface area contributed by atoms with Crippen LogP contribution in [0.5, 0.6) is 0 Å². The van der Waals surface area contributed by atoms with E-state index in [2.05, 4.69) is 0 Å². The molecule has 0 radical (unpaired) electrons. The molecule has 3 heteroatoms. The van der Waals surface area contributed by atoms with Gasteiger partial charge in [0, 0.05) is 20.0 Å². The Balaban J connectivity index is 0. The number of hydrogen-bond donors (Lipinski definition) is 1. The largest absolute Gasteiger partial charge is 0.395 e. The van der Waals surface area contributed by atoms with Crippen molar-refractivity contribution >= 4 is 5.91 Å². The minimum Gasteiger partial charge on any atom is -0.395 e. The zero-order valence-corrected chi connectivity index (χ0v) is 7.92. The number of carbonyl (C=O) groups excluding carboxylic acids is 1. The lowest BCUT2D eigenvalue weighted by Gasteiger charge is -2.13. The third kappa shape index (κ3) is 7.33. The number of nitrogens with zero attached hydrogens (tertiary/aromatic N) is 1. The second-order valence-corrected chi connectivity index (χ2v) is 1.89. The van der Waals surface area contributed by atoms with E-state index in [0.29, 0.717) is 13.0 Å². The number of hydrogen-bond acceptors (Lipinski definition) is 2. The first kappa shape index (κ1) is 13.1. The molecule has 0 aromatic rings. The van der Waals surface area contributed by atoms with Gasteiger partial charge in [-0.25, -0.2) is 0 Å². The molecule has 0 spiro atoms. The van der Waals surface area contributed by atoms with Crippen LogP contribution in [0, 0.1) is 0 Å². The Kier molecular flexibility index (Phi) is 11.2. The summed E-state index contributed by atoms with van der Waals surface area (Å²) in [6.07, 6.45) is 0.510. The van der Waals surface area contributed by atoms with Crippen LogP contribution in [-0.4, -0.2) is 36.1 Å². The van der Waals surface area contributed by atoms with Gasteiger partial charge in [0.1, 0.15) is 0 Å². The summed E-state index contributed by atoms with van der Waals surface area (Å²) < 4.78 is 0. The lowest BCUT2D eigenvalue weighted by Crippen LogP contribution is -2.28. The predicted octanol–water partition coefficient (Wildman–Crippen LogP) is 0.873. The van der Waals surface area contributed by atoms with Crippen LogP contribution in [0.25, 0.3) is 0 Å². The molecule has 0 aromatic heterocycles. The molecule has 0 bridgehead atoms. The van der Waals surface area contributed by atoms with Crippen molar-refractivity contribution in [3.63, 3.8) is 0 Å². The highest BCUT2D eigenvalue weighted by Gasteiger charge is 2.02. The molecule has 0 aliphatic rings. The monoisotopic (exact) mass is 161 g/mol. The molecule has 0 unspecified atom stereocenters. The molecular weight excluding hydrogens is 142 g/mol. The molecule has 0 atom stereocenters. The van der Waals surface area contributed by atoms with Gasteiger partial charge in [0.15, 0.2) is 0 Å². The van der Waals surface area contributed by atoms with Gasteiger partial charge in [0.2, 0.25) is 5.91 Å². The highest BCUT2D eigenvalue weighted by atomic mass is 16.3. The quantitative estimate of drug-likeness (QED) is 0.667. The first-order chi connectivity index (χ1) is 5.22. The number of aliphatic hydroxyl groups excluding tert-OH is 1. The van der Waals surface area contributed by atoms with Crippen LogP contribution in [0.1, 0.15) is 27.2 Å². The minimum absolute atomic E-state index is 0.0439. The smallest absolute Gasteiger partial charge is 0.222 e. The van der Waals surface area contributed by atoms with E-state index < -0.39 is 0 Å². The summed E-state index contributed by atoms with van der Waals surface area (Å²) in [5.41, 5.74) is 0. The molecule has 0 fully saturated rings. The number of likely N-dealkylation sites (N-methyl/N-ethyl adjacent to an activating group) is 1. The second kappa shape index (κ2) is 9.43. The third-order valence-electron chi connectivity index (χ3n) is 1.16. The van der Waals surface area contributed by atoms with Crippen molar-refractivity contribution in [3.05, 3.63) is 0 Å². The summed E-state index contributed by atoms with van der Waals surface area (Å²) in [6.45, 7) is 6.28. The van der Waals surface area contributed by atoms with Crippen molar-refractivity contribution in [3.8, 4) is 0 Å². The molecule has 0 aliphatic heterocycles. The molecule has 68 valence electrons. The van der Waals surface area contributed by atoms with Gasteiger partial charge in [-0.05, 0) is 0 Å². The summed E-state index contributed by atoms with van der Waals surface area (Å²) in [7, 11) is 1.68. The average molecular weight is 161 g/mol. The van der Waals surface area contributed by atoms with E-state index >= 15 is 0 Å². The van der Waals surface area contributed by atoms with Crippen molar-refractivity contribution in [2.24, 2.45) is 0 Å². The highest BCUT2D eigenvalue weighted by molar-refractivity contribution is 5.75. The van der Waals surface area contributed by atoms with Gasteiger partial charge < -0.3 is 10.0 Å².